The molecule has 100 valence electrons. The maximum atomic E-state index is 10.5. The first kappa shape index (κ1) is 13.4. The molecule has 1 aliphatic rings. The number of nitrogens with one attached hydrogen (secondary N) is 1. The Morgan fingerprint density at radius 1 is 1.33 bits per heavy atom. The van der Waals surface area contributed by atoms with Crippen molar-refractivity contribution >= 4 is 0 Å². The van der Waals surface area contributed by atoms with Gasteiger partial charge in [-0.05, 0) is 54.8 Å². The van der Waals surface area contributed by atoms with E-state index in [0.29, 0.717) is 11.8 Å². The summed E-state index contributed by atoms with van der Waals surface area (Å²) in [6.45, 7) is 9.65. The van der Waals surface area contributed by atoms with E-state index in [1.54, 1.807) is 0 Å². The van der Waals surface area contributed by atoms with Crippen molar-refractivity contribution in [3.05, 3.63) is 28.8 Å². The zero-order chi connectivity index (χ0) is 13.3. The Kier molecular flexibility index (Phi) is 3.67. The molecule has 0 radical (unpaired) electrons. The molecule has 18 heavy (non-hydrogen) atoms. The van der Waals surface area contributed by atoms with Gasteiger partial charge in [-0.2, -0.15) is 0 Å². The number of aromatic hydroxyl groups is 1. The molecule has 2 N–H and O–H groups in total. The fourth-order valence-corrected chi connectivity index (χ4v) is 2.78. The van der Waals surface area contributed by atoms with Gasteiger partial charge in [-0.25, -0.2) is 0 Å². The Morgan fingerprint density at radius 3 is 2.61 bits per heavy atom. The first-order valence-corrected chi connectivity index (χ1v) is 6.95. The number of rotatable bonds is 2. The van der Waals surface area contributed by atoms with Crippen LogP contribution in [-0.2, 0) is 11.8 Å². The third-order valence-electron chi connectivity index (χ3n) is 3.94. The summed E-state index contributed by atoms with van der Waals surface area (Å²) >= 11 is 0. The zero-order valence-corrected chi connectivity index (χ0v) is 12.0. The van der Waals surface area contributed by atoms with Crippen LogP contribution in [0.1, 0.15) is 50.3 Å². The Morgan fingerprint density at radius 2 is 2.06 bits per heavy atom. The van der Waals surface area contributed by atoms with Gasteiger partial charge in [0.25, 0.3) is 0 Å². The van der Waals surface area contributed by atoms with Gasteiger partial charge in [0.1, 0.15) is 5.75 Å². The van der Waals surface area contributed by atoms with Crippen LogP contribution in [0.4, 0.5) is 0 Å². The minimum Gasteiger partial charge on any atom is -0.507 e. The van der Waals surface area contributed by atoms with E-state index in [9.17, 15) is 5.11 Å². The van der Waals surface area contributed by atoms with Gasteiger partial charge in [0.15, 0.2) is 0 Å². The molecule has 0 spiro atoms. The highest BCUT2D eigenvalue weighted by Gasteiger charge is 2.23. The van der Waals surface area contributed by atoms with Crippen molar-refractivity contribution in [1.82, 2.24) is 5.32 Å². The standard InChI is InChI=1S/C16H25NO/c1-11-7-8-14(16(2,3)4)15(18)13(11)10-12-6-5-9-17-12/h7-8,12,17-18H,5-6,9-10H2,1-4H3. The summed E-state index contributed by atoms with van der Waals surface area (Å²) in [5.74, 6) is 0.510. The lowest BCUT2D eigenvalue weighted by Crippen LogP contribution is -2.24. The van der Waals surface area contributed by atoms with Crippen LogP contribution >= 0.6 is 0 Å². The molecule has 1 fully saturated rings. The lowest BCUT2D eigenvalue weighted by molar-refractivity contribution is 0.435. The maximum Gasteiger partial charge on any atom is 0.122 e. The lowest BCUT2D eigenvalue weighted by Gasteiger charge is -2.24. The highest BCUT2D eigenvalue weighted by molar-refractivity contribution is 5.48. The Balaban J connectivity index is 2.33. The van der Waals surface area contributed by atoms with Crippen LogP contribution in [0, 0.1) is 6.92 Å². The third-order valence-corrected chi connectivity index (χ3v) is 3.94. The molecule has 1 heterocycles. The Hall–Kier alpha value is -1.02. The third kappa shape index (κ3) is 2.69. The minimum atomic E-state index is -0.00433. The lowest BCUT2D eigenvalue weighted by atomic mass is 9.83. The average Bonchev–Trinajstić information content (AvgIpc) is 2.74. The normalized spacial score (nSPS) is 20.3. The van der Waals surface area contributed by atoms with E-state index in [4.69, 9.17) is 0 Å². The predicted molar refractivity (Wildman–Crippen MR) is 76.3 cm³/mol. The molecule has 0 aromatic heterocycles. The second kappa shape index (κ2) is 4.93. The van der Waals surface area contributed by atoms with Crippen LogP contribution in [0.5, 0.6) is 5.75 Å². The molecule has 0 bridgehead atoms. The average molecular weight is 247 g/mol. The molecule has 2 nitrogen and oxygen atoms in total. The summed E-state index contributed by atoms with van der Waals surface area (Å²) in [7, 11) is 0. The summed E-state index contributed by atoms with van der Waals surface area (Å²) < 4.78 is 0. The molecular formula is C16H25NO. The molecule has 2 heteroatoms. The Labute approximate surface area is 110 Å². The first-order valence-electron chi connectivity index (χ1n) is 6.95. The van der Waals surface area contributed by atoms with E-state index in [1.165, 1.54) is 18.4 Å². The van der Waals surface area contributed by atoms with Crippen molar-refractivity contribution < 1.29 is 5.11 Å². The molecule has 1 aromatic carbocycles. The molecule has 1 saturated heterocycles. The monoisotopic (exact) mass is 247 g/mol. The number of aryl methyl sites for hydroxylation is 1. The van der Waals surface area contributed by atoms with E-state index >= 15 is 0 Å². The van der Waals surface area contributed by atoms with Crippen molar-refractivity contribution in [2.45, 2.75) is 58.4 Å². The van der Waals surface area contributed by atoms with Crippen LogP contribution in [0.2, 0.25) is 0 Å². The maximum absolute atomic E-state index is 10.5. The number of phenols is 1. The molecule has 0 saturated carbocycles. The van der Waals surface area contributed by atoms with Crippen molar-refractivity contribution in [3.63, 3.8) is 0 Å². The Bertz CT molecular complexity index is 425. The molecule has 0 amide bonds. The fourth-order valence-electron chi connectivity index (χ4n) is 2.78. The summed E-state index contributed by atoms with van der Waals surface area (Å²) in [5, 5.41) is 14.0. The van der Waals surface area contributed by atoms with E-state index < -0.39 is 0 Å². The van der Waals surface area contributed by atoms with Crippen LogP contribution in [-0.4, -0.2) is 17.7 Å². The zero-order valence-electron chi connectivity index (χ0n) is 12.0. The summed E-state index contributed by atoms with van der Waals surface area (Å²) in [5.41, 5.74) is 3.38. The second-order valence-corrected chi connectivity index (χ2v) is 6.50. The number of phenolic OH excluding ortho intramolecular Hbond substituents is 1. The highest BCUT2D eigenvalue weighted by Crippen LogP contribution is 2.35. The van der Waals surface area contributed by atoms with Gasteiger partial charge in [-0.15, -0.1) is 0 Å². The van der Waals surface area contributed by atoms with Gasteiger partial charge in [0.05, 0.1) is 0 Å². The van der Waals surface area contributed by atoms with Crippen molar-refractivity contribution in [2.75, 3.05) is 6.54 Å². The molecule has 1 aromatic rings. The topological polar surface area (TPSA) is 32.3 Å². The minimum absolute atomic E-state index is 0.00433. The van der Waals surface area contributed by atoms with E-state index in [2.05, 4.69) is 45.1 Å². The van der Waals surface area contributed by atoms with Crippen molar-refractivity contribution in [1.29, 1.82) is 0 Å². The van der Waals surface area contributed by atoms with Crippen LogP contribution in [0.15, 0.2) is 12.1 Å². The smallest absolute Gasteiger partial charge is 0.122 e. The quantitative estimate of drug-likeness (QED) is 0.840. The van der Waals surface area contributed by atoms with Gasteiger partial charge >= 0.3 is 0 Å². The first-order chi connectivity index (χ1) is 8.39. The van der Waals surface area contributed by atoms with Crippen molar-refractivity contribution in [3.8, 4) is 5.75 Å². The van der Waals surface area contributed by atoms with E-state index in [0.717, 1.165) is 24.1 Å². The van der Waals surface area contributed by atoms with Gasteiger partial charge < -0.3 is 10.4 Å². The van der Waals surface area contributed by atoms with Gasteiger partial charge in [-0.1, -0.05) is 32.9 Å². The number of hydrogen-bond acceptors (Lipinski definition) is 2. The molecule has 2 rings (SSSR count). The van der Waals surface area contributed by atoms with Gasteiger partial charge in [-0.3, -0.25) is 0 Å². The SMILES string of the molecule is Cc1ccc(C(C)(C)C)c(O)c1CC1CCCN1. The molecule has 1 unspecified atom stereocenters. The van der Waals surface area contributed by atoms with Crippen molar-refractivity contribution in [2.24, 2.45) is 0 Å². The number of hydrogen-bond donors (Lipinski definition) is 2. The predicted octanol–water partition coefficient (Wildman–Crippen LogP) is 3.29. The van der Waals surface area contributed by atoms with Crippen LogP contribution in [0.3, 0.4) is 0 Å². The summed E-state index contributed by atoms with van der Waals surface area (Å²) in [4.78, 5) is 0. The van der Waals surface area contributed by atoms with Crippen LogP contribution in [0.25, 0.3) is 0 Å². The van der Waals surface area contributed by atoms with E-state index in [1.807, 2.05) is 0 Å². The highest BCUT2D eigenvalue weighted by atomic mass is 16.3. The summed E-state index contributed by atoms with van der Waals surface area (Å²) in [6, 6.07) is 4.74. The molecule has 1 aliphatic heterocycles. The van der Waals surface area contributed by atoms with Gasteiger partial charge in [0, 0.05) is 6.04 Å². The fraction of sp³-hybridized carbons (Fsp3) is 0.625. The number of benzene rings is 1. The van der Waals surface area contributed by atoms with Gasteiger partial charge in [0.2, 0.25) is 0 Å². The summed E-state index contributed by atoms with van der Waals surface area (Å²) in [6.07, 6.45) is 3.42. The molecule has 0 aliphatic carbocycles. The van der Waals surface area contributed by atoms with Crippen LogP contribution < -0.4 is 5.32 Å². The van der Waals surface area contributed by atoms with E-state index in [-0.39, 0.29) is 5.41 Å². The largest absolute Gasteiger partial charge is 0.507 e. The molecule has 1 atom stereocenters. The second-order valence-electron chi connectivity index (χ2n) is 6.50. The molecular weight excluding hydrogens is 222 g/mol.